The first kappa shape index (κ1) is 27.9. The van der Waals surface area contributed by atoms with Crippen LogP contribution in [0.25, 0.3) is 0 Å². The number of hydrogen-bond donors (Lipinski definition) is 7. The lowest BCUT2D eigenvalue weighted by Gasteiger charge is -2.28. The highest BCUT2D eigenvalue weighted by Crippen LogP contribution is 2.12. The number of carboxylic acid groups (broad SMARTS) is 1. The quantitative estimate of drug-likeness (QED) is 0.206. The van der Waals surface area contributed by atoms with Gasteiger partial charge in [-0.3, -0.25) is 14.4 Å². The van der Waals surface area contributed by atoms with E-state index in [4.69, 9.17) is 15.9 Å². The number of benzene rings is 1. The van der Waals surface area contributed by atoms with E-state index >= 15 is 0 Å². The van der Waals surface area contributed by atoms with Crippen LogP contribution in [-0.4, -0.2) is 69.8 Å². The first-order valence-electron chi connectivity index (χ1n) is 10.7. The van der Waals surface area contributed by atoms with Crippen molar-refractivity contribution in [3.05, 3.63) is 29.8 Å². The second kappa shape index (κ2) is 12.8. The highest BCUT2D eigenvalue weighted by Gasteiger charge is 2.32. The Balaban J connectivity index is 2.86. The molecule has 0 bridgehead atoms. The van der Waals surface area contributed by atoms with E-state index in [2.05, 4.69) is 16.0 Å². The summed E-state index contributed by atoms with van der Waals surface area (Å²) in [6.07, 6.45) is 0.188. The van der Waals surface area contributed by atoms with Gasteiger partial charge in [-0.1, -0.05) is 39.8 Å². The third-order valence-corrected chi connectivity index (χ3v) is 5.02. The Bertz CT molecular complexity index is 827. The van der Waals surface area contributed by atoms with Gasteiger partial charge in [-0.15, -0.1) is 0 Å². The summed E-state index contributed by atoms with van der Waals surface area (Å²) in [5, 5.41) is 34.9. The third-order valence-electron chi connectivity index (χ3n) is 5.02. The topological polar surface area (TPSA) is 191 Å². The minimum absolute atomic E-state index is 0.0886. The number of hydrogen-bond acceptors (Lipinski definition) is 7. The van der Waals surface area contributed by atoms with Crippen LogP contribution in [0.1, 0.15) is 33.3 Å². The average Bonchev–Trinajstić information content (AvgIpc) is 2.74. The zero-order chi connectivity index (χ0) is 25.3. The monoisotopic (exact) mass is 466 g/mol. The van der Waals surface area contributed by atoms with Gasteiger partial charge in [0.15, 0.2) is 0 Å². The van der Waals surface area contributed by atoms with E-state index in [0.29, 0.717) is 0 Å². The number of carbonyl (C=O) groups is 4. The maximum absolute atomic E-state index is 12.9. The Morgan fingerprint density at radius 2 is 1.30 bits per heavy atom. The molecule has 11 heteroatoms. The van der Waals surface area contributed by atoms with Crippen LogP contribution >= 0.6 is 0 Å². The molecule has 0 aliphatic heterocycles. The van der Waals surface area contributed by atoms with Gasteiger partial charge in [-0.05, 0) is 36.0 Å². The summed E-state index contributed by atoms with van der Waals surface area (Å²) in [5.74, 6) is -4.01. The molecule has 0 saturated heterocycles. The number of amides is 3. The lowest BCUT2D eigenvalue weighted by Crippen LogP contribution is -2.60. The van der Waals surface area contributed by atoms with Gasteiger partial charge < -0.3 is 37.0 Å². The Morgan fingerprint density at radius 3 is 1.73 bits per heavy atom. The molecule has 4 atom stereocenters. The van der Waals surface area contributed by atoms with E-state index in [9.17, 15) is 24.3 Å². The number of phenolic OH excluding ortho intramolecular Hbond substituents is 1. The van der Waals surface area contributed by atoms with Crippen LogP contribution in [0.3, 0.4) is 0 Å². The number of carboxylic acids is 1. The lowest BCUT2D eigenvalue weighted by atomic mass is 9.98. The molecule has 3 amide bonds. The van der Waals surface area contributed by atoms with E-state index in [-0.39, 0.29) is 18.1 Å². The highest BCUT2D eigenvalue weighted by atomic mass is 16.4. The Kier molecular flexibility index (Phi) is 10.8. The number of nitrogens with two attached hydrogens (primary N) is 1. The summed E-state index contributed by atoms with van der Waals surface area (Å²) in [5.41, 5.74) is 6.71. The van der Waals surface area contributed by atoms with Crippen molar-refractivity contribution in [2.24, 2.45) is 17.6 Å². The fourth-order valence-corrected chi connectivity index (χ4v) is 3.00. The molecule has 0 heterocycles. The van der Waals surface area contributed by atoms with Gasteiger partial charge in [0.05, 0.1) is 12.6 Å². The van der Waals surface area contributed by atoms with Gasteiger partial charge in [-0.2, -0.15) is 0 Å². The second-order valence-electron chi connectivity index (χ2n) is 8.52. The number of rotatable bonds is 12. The smallest absolute Gasteiger partial charge is 0.328 e. The lowest BCUT2D eigenvalue weighted by molar-refractivity contribution is -0.143. The minimum atomic E-state index is -1.51. The van der Waals surface area contributed by atoms with Gasteiger partial charge in [-0.25, -0.2) is 4.79 Å². The molecular formula is C22H34N4O7. The van der Waals surface area contributed by atoms with Crippen LogP contribution in [0, 0.1) is 11.8 Å². The second-order valence-corrected chi connectivity index (χ2v) is 8.52. The van der Waals surface area contributed by atoms with Crippen LogP contribution in [0.15, 0.2) is 24.3 Å². The van der Waals surface area contributed by atoms with E-state index in [0.717, 1.165) is 5.56 Å². The molecule has 0 aromatic heterocycles. The molecule has 0 spiro atoms. The fourth-order valence-electron chi connectivity index (χ4n) is 3.00. The Morgan fingerprint density at radius 1 is 0.848 bits per heavy atom. The third kappa shape index (κ3) is 8.70. The maximum Gasteiger partial charge on any atom is 0.328 e. The van der Waals surface area contributed by atoms with Crippen molar-refractivity contribution in [3.63, 3.8) is 0 Å². The fraction of sp³-hybridized carbons (Fsp3) is 0.545. The molecule has 4 unspecified atom stereocenters. The highest BCUT2D eigenvalue weighted by molar-refractivity contribution is 5.94. The minimum Gasteiger partial charge on any atom is -0.508 e. The Labute approximate surface area is 192 Å². The summed E-state index contributed by atoms with van der Waals surface area (Å²) in [6, 6.07) is 1.69. The van der Waals surface area contributed by atoms with Gasteiger partial charge in [0.25, 0.3) is 0 Å². The number of phenols is 1. The van der Waals surface area contributed by atoms with Crippen LogP contribution in [0.2, 0.25) is 0 Å². The summed E-state index contributed by atoms with van der Waals surface area (Å²) >= 11 is 0. The number of aliphatic hydroxyl groups excluding tert-OH is 1. The van der Waals surface area contributed by atoms with Crippen LogP contribution in [-0.2, 0) is 25.6 Å². The van der Waals surface area contributed by atoms with Gasteiger partial charge in [0.2, 0.25) is 17.7 Å². The number of aliphatic hydroxyl groups is 1. The largest absolute Gasteiger partial charge is 0.508 e. The van der Waals surface area contributed by atoms with Crippen molar-refractivity contribution in [2.45, 2.75) is 58.3 Å². The normalized spacial score (nSPS) is 14.8. The van der Waals surface area contributed by atoms with E-state index in [1.165, 1.54) is 12.1 Å². The molecule has 1 aromatic rings. The summed E-state index contributed by atoms with van der Waals surface area (Å²) < 4.78 is 0. The molecule has 1 aromatic carbocycles. The molecule has 0 radical (unpaired) electrons. The van der Waals surface area contributed by atoms with Gasteiger partial charge in [0, 0.05) is 0 Å². The van der Waals surface area contributed by atoms with E-state index in [1.807, 2.05) is 0 Å². The number of aromatic hydroxyl groups is 1. The van der Waals surface area contributed by atoms with Gasteiger partial charge >= 0.3 is 5.97 Å². The molecular weight excluding hydrogens is 432 g/mol. The van der Waals surface area contributed by atoms with E-state index < -0.39 is 60.4 Å². The number of carbonyl (C=O) groups excluding carboxylic acids is 3. The predicted octanol–water partition coefficient (Wildman–Crippen LogP) is -0.895. The molecule has 8 N–H and O–H groups in total. The number of aliphatic carboxylic acids is 1. The zero-order valence-corrected chi connectivity index (χ0v) is 19.2. The first-order chi connectivity index (χ1) is 15.4. The van der Waals surface area contributed by atoms with Gasteiger partial charge in [0.1, 0.15) is 23.9 Å². The molecule has 0 fully saturated rings. The van der Waals surface area contributed by atoms with Crippen LogP contribution < -0.4 is 21.7 Å². The van der Waals surface area contributed by atoms with Crippen molar-refractivity contribution in [2.75, 3.05) is 6.61 Å². The SMILES string of the molecule is CC(C)C(NC(=O)C(N)Cc1ccc(O)cc1)C(=O)NC(C(=O)NC(CO)C(=O)O)C(C)C. The molecule has 0 aliphatic carbocycles. The predicted molar refractivity (Wildman–Crippen MR) is 120 cm³/mol. The first-order valence-corrected chi connectivity index (χ1v) is 10.7. The van der Waals surface area contributed by atoms with Crippen molar-refractivity contribution >= 4 is 23.7 Å². The van der Waals surface area contributed by atoms with Crippen molar-refractivity contribution in [3.8, 4) is 5.75 Å². The molecule has 1 rings (SSSR count). The van der Waals surface area contributed by atoms with Crippen LogP contribution in [0.4, 0.5) is 0 Å². The van der Waals surface area contributed by atoms with Crippen molar-refractivity contribution in [1.29, 1.82) is 0 Å². The van der Waals surface area contributed by atoms with Crippen LogP contribution in [0.5, 0.6) is 5.75 Å². The molecule has 33 heavy (non-hydrogen) atoms. The Hall–Kier alpha value is -3.18. The average molecular weight is 467 g/mol. The summed E-state index contributed by atoms with van der Waals surface area (Å²) in [6.45, 7) is 5.95. The van der Waals surface area contributed by atoms with Crippen molar-refractivity contribution in [1.82, 2.24) is 16.0 Å². The molecule has 0 saturated carbocycles. The maximum atomic E-state index is 12.9. The van der Waals surface area contributed by atoms with E-state index in [1.54, 1.807) is 39.8 Å². The van der Waals surface area contributed by atoms with Crippen molar-refractivity contribution < 1.29 is 34.5 Å². The molecule has 11 nitrogen and oxygen atoms in total. The molecule has 184 valence electrons. The number of nitrogens with one attached hydrogen (secondary N) is 3. The summed E-state index contributed by atoms with van der Waals surface area (Å²) in [4.78, 5) is 49.1. The molecule has 0 aliphatic rings. The summed E-state index contributed by atoms with van der Waals surface area (Å²) in [7, 11) is 0. The zero-order valence-electron chi connectivity index (χ0n) is 19.2. The standard InChI is InChI=1S/C22H34N4O7/c1-11(2)17(20(30)24-16(10-27)22(32)33)26-21(31)18(12(3)4)25-19(29)15(23)9-13-5-7-14(28)8-6-13/h5-8,11-12,15-18,27-28H,9-10,23H2,1-4H3,(H,24,30)(H,25,29)(H,26,31)(H,32,33).